The van der Waals surface area contributed by atoms with Crippen LogP contribution < -0.4 is 10.1 Å². The molecule has 1 heterocycles. The lowest BCUT2D eigenvalue weighted by molar-refractivity contribution is -0.118. The van der Waals surface area contributed by atoms with Crippen molar-refractivity contribution in [3.8, 4) is 5.75 Å². The number of Topliss-reactive ketones (excluding diaryl/α,β-unsaturated/α-hetero) is 1. The number of hydrogen-bond donors (Lipinski definition) is 1. The Labute approximate surface area is 235 Å². The summed E-state index contributed by atoms with van der Waals surface area (Å²) < 4.78 is 7.82. The van der Waals surface area contributed by atoms with Gasteiger partial charge in [-0.15, -0.1) is 5.10 Å². The van der Waals surface area contributed by atoms with Gasteiger partial charge in [-0.25, -0.2) is 4.68 Å². The Morgan fingerprint density at radius 3 is 2.50 bits per heavy atom. The summed E-state index contributed by atoms with van der Waals surface area (Å²) in [7, 11) is 0. The van der Waals surface area contributed by atoms with Crippen LogP contribution in [0.4, 0.5) is 5.69 Å². The van der Waals surface area contributed by atoms with Gasteiger partial charge in [0.15, 0.2) is 12.4 Å². The van der Waals surface area contributed by atoms with Gasteiger partial charge in [-0.1, -0.05) is 83.2 Å². The first-order chi connectivity index (χ1) is 19.1. The highest BCUT2D eigenvalue weighted by Crippen LogP contribution is 2.39. The fourth-order valence-electron chi connectivity index (χ4n) is 5.26. The highest BCUT2D eigenvalue weighted by molar-refractivity contribution is 6.06. The number of rotatable bonds is 9. The van der Waals surface area contributed by atoms with Gasteiger partial charge in [-0.3, -0.25) is 9.59 Å². The number of hydrogen-bond acceptors (Lipinski definition) is 5. The van der Waals surface area contributed by atoms with Crippen molar-refractivity contribution >= 4 is 28.4 Å². The number of ketones is 1. The quantitative estimate of drug-likeness (QED) is 0.253. The number of ether oxygens (including phenoxy) is 1. The van der Waals surface area contributed by atoms with Crippen LogP contribution in [0.25, 0.3) is 11.0 Å². The lowest BCUT2D eigenvalue weighted by Crippen LogP contribution is -2.24. The molecule has 1 atom stereocenters. The minimum absolute atomic E-state index is 0.0282. The standard InChI is InChI=1S/C33H38N4O3/c1-7-32(3,4)21-16-17-29(24(18-21)33(5,6)8-2)40-20-30(38)34-25-14-11-12-22-23(25)19-28(31(22)39)37-27-15-10-9-13-26(27)35-36-37/h9-18,28H,7-8,19-20H2,1-6H3,(H,34,38). The van der Waals surface area contributed by atoms with Gasteiger partial charge in [0.25, 0.3) is 5.91 Å². The van der Waals surface area contributed by atoms with Gasteiger partial charge in [0.2, 0.25) is 0 Å². The second-order valence-electron chi connectivity index (χ2n) is 12.0. The van der Waals surface area contributed by atoms with Crippen LogP contribution in [0.1, 0.15) is 87.5 Å². The molecule has 4 aromatic rings. The smallest absolute Gasteiger partial charge is 0.262 e. The summed E-state index contributed by atoms with van der Waals surface area (Å²) >= 11 is 0. The molecule has 5 rings (SSSR count). The molecule has 7 nitrogen and oxygen atoms in total. The lowest BCUT2D eigenvalue weighted by Gasteiger charge is -2.30. The average molecular weight is 539 g/mol. The number of carbonyl (C=O) groups excluding carboxylic acids is 2. The number of benzene rings is 3. The third-order valence-corrected chi connectivity index (χ3v) is 8.70. The molecule has 3 aromatic carbocycles. The van der Waals surface area contributed by atoms with E-state index in [0.29, 0.717) is 17.7 Å². The van der Waals surface area contributed by atoms with Crippen LogP contribution in [0.2, 0.25) is 0 Å². The Balaban J connectivity index is 1.34. The van der Waals surface area contributed by atoms with E-state index in [4.69, 9.17) is 4.74 Å². The number of fused-ring (bicyclic) bond motifs is 2. The van der Waals surface area contributed by atoms with Crippen LogP contribution >= 0.6 is 0 Å². The molecule has 208 valence electrons. The molecule has 7 heteroatoms. The molecule has 0 aliphatic heterocycles. The van der Waals surface area contributed by atoms with E-state index in [9.17, 15) is 9.59 Å². The van der Waals surface area contributed by atoms with Crippen LogP contribution in [-0.4, -0.2) is 33.3 Å². The van der Waals surface area contributed by atoms with Crippen molar-refractivity contribution in [3.05, 3.63) is 82.9 Å². The Morgan fingerprint density at radius 2 is 1.75 bits per heavy atom. The highest BCUT2D eigenvalue weighted by atomic mass is 16.5. The number of amides is 1. The molecule has 1 unspecified atom stereocenters. The Morgan fingerprint density at radius 1 is 1.00 bits per heavy atom. The first-order valence-corrected chi connectivity index (χ1v) is 14.1. The van der Waals surface area contributed by atoms with Gasteiger partial charge in [0.1, 0.15) is 17.3 Å². The number of anilines is 1. The molecule has 1 N–H and O–H groups in total. The van der Waals surface area contributed by atoms with Gasteiger partial charge in [-0.2, -0.15) is 0 Å². The molecule has 0 saturated heterocycles. The minimum Gasteiger partial charge on any atom is -0.483 e. The van der Waals surface area contributed by atoms with Gasteiger partial charge in [0, 0.05) is 23.2 Å². The van der Waals surface area contributed by atoms with E-state index in [2.05, 4.69) is 69.3 Å². The zero-order valence-corrected chi connectivity index (χ0v) is 24.2. The predicted molar refractivity (Wildman–Crippen MR) is 158 cm³/mol. The molecule has 1 aromatic heterocycles. The summed E-state index contributed by atoms with van der Waals surface area (Å²) in [4.78, 5) is 26.4. The summed E-state index contributed by atoms with van der Waals surface area (Å²) in [5, 5.41) is 11.5. The zero-order chi connectivity index (χ0) is 28.7. The molecule has 40 heavy (non-hydrogen) atoms. The highest BCUT2D eigenvalue weighted by Gasteiger charge is 2.35. The van der Waals surface area contributed by atoms with Crippen molar-refractivity contribution in [1.82, 2.24) is 15.0 Å². The van der Waals surface area contributed by atoms with E-state index in [-0.39, 0.29) is 29.1 Å². The number of nitrogens with zero attached hydrogens (tertiary/aromatic N) is 3. The van der Waals surface area contributed by atoms with Gasteiger partial charge in [0.05, 0.1) is 5.52 Å². The largest absolute Gasteiger partial charge is 0.483 e. The molecular formula is C33H38N4O3. The summed E-state index contributed by atoms with van der Waals surface area (Å²) in [5.74, 6) is 0.428. The zero-order valence-electron chi connectivity index (χ0n) is 24.2. The Hall–Kier alpha value is -4.00. The molecular weight excluding hydrogens is 500 g/mol. The molecule has 1 aliphatic rings. The van der Waals surface area contributed by atoms with Crippen LogP contribution in [0, 0.1) is 0 Å². The fraction of sp³-hybridized carbons (Fsp3) is 0.394. The maximum absolute atomic E-state index is 13.3. The minimum atomic E-state index is -0.499. The van der Waals surface area contributed by atoms with Crippen LogP contribution in [0.5, 0.6) is 5.75 Å². The van der Waals surface area contributed by atoms with Crippen molar-refractivity contribution in [1.29, 1.82) is 0 Å². The summed E-state index contributed by atoms with van der Waals surface area (Å²) in [6.45, 7) is 13.1. The Kier molecular flexibility index (Phi) is 7.25. The van der Waals surface area contributed by atoms with Crippen molar-refractivity contribution in [2.24, 2.45) is 0 Å². The van der Waals surface area contributed by atoms with E-state index in [1.165, 1.54) is 5.56 Å². The van der Waals surface area contributed by atoms with E-state index in [1.54, 1.807) is 16.8 Å². The molecule has 0 saturated carbocycles. The summed E-state index contributed by atoms with van der Waals surface area (Å²) in [6.07, 6.45) is 2.40. The summed E-state index contributed by atoms with van der Waals surface area (Å²) in [6, 6.07) is 18.9. The molecule has 1 aliphatic carbocycles. The third-order valence-electron chi connectivity index (χ3n) is 8.70. The number of aromatic nitrogens is 3. The lowest BCUT2D eigenvalue weighted by atomic mass is 9.76. The van der Waals surface area contributed by atoms with Crippen LogP contribution in [0.15, 0.2) is 60.7 Å². The number of nitrogens with one attached hydrogen (secondary N) is 1. The second-order valence-corrected chi connectivity index (χ2v) is 12.0. The topological polar surface area (TPSA) is 86.1 Å². The summed E-state index contributed by atoms with van der Waals surface area (Å²) in [5.41, 5.74) is 5.91. The van der Waals surface area contributed by atoms with E-state index in [0.717, 1.165) is 40.8 Å². The SMILES string of the molecule is CCC(C)(C)c1ccc(OCC(=O)Nc2cccc3c2CC(n2nnc4ccccc42)C3=O)c(C(C)(C)CC)c1. The van der Waals surface area contributed by atoms with Gasteiger partial charge < -0.3 is 10.1 Å². The second kappa shape index (κ2) is 10.5. The predicted octanol–water partition coefficient (Wildman–Crippen LogP) is 6.80. The third kappa shape index (κ3) is 5.01. The molecule has 1 amide bonds. The van der Waals surface area contributed by atoms with Crippen LogP contribution in [0.3, 0.4) is 0 Å². The molecule has 0 bridgehead atoms. The van der Waals surface area contributed by atoms with Crippen molar-refractivity contribution in [2.75, 3.05) is 11.9 Å². The fourth-order valence-corrected chi connectivity index (χ4v) is 5.26. The maximum atomic E-state index is 13.3. The van der Waals surface area contributed by atoms with Crippen LogP contribution in [-0.2, 0) is 22.0 Å². The average Bonchev–Trinajstić information content (AvgIpc) is 3.53. The Bertz CT molecular complexity index is 1580. The van der Waals surface area contributed by atoms with E-state index in [1.807, 2.05) is 36.4 Å². The monoisotopic (exact) mass is 538 g/mol. The number of para-hydroxylation sites is 1. The first-order valence-electron chi connectivity index (χ1n) is 14.1. The maximum Gasteiger partial charge on any atom is 0.262 e. The van der Waals surface area contributed by atoms with E-state index >= 15 is 0 Å². The van der Waals surface area contributed by atoms with Gasteiger partial charge in [-0.05, 0) is 59.1 Å². The van der Waals surface area contributed by atoms with Crippen molar-refractivity contribution in [2.45, 2.75) is 77.7 Å². The first kappa shape index (κ1) is 27.6. The molecule has 0 fully saturated rings. The van der Waals surface area contributed by atoms with Crippen molar-refractivity contribution in [3.63, 3.8) is 0 Å². The normalized spacial score (nSPS) is 15.3. The molecule has 0 spiro atoms. The van der Waals surface area contributed by atoms with E-state index < -0.39 is 6.04 Å². The molecule has 0 radical (unpaired) electrons. The van der Waals surface area contributed by atoms with Gasteiger partial charge >= 0.3 is 0 Å². The number of carbonyl (C=O) groups is 2. The van der Waals surface area contributed by atoms with Crippen molar-refractivity contribution < 1.29 is 14.3 Å².